The summed E-state index contributed by atoms with van der Waals surface area (Å²) in [5.41, 5.74) is 0. The molecule has 0 aromatic rings. The first-order valence-corrected chi connectivity index (χ1v) is 6.17. The van der Waals surface area contributed by atoms with Crippen molar-refractivity contribution in [3.05, 3.63) is 0 Å². The Morgan fingerprint density at radius 3 is 2.44 bits per heavy atom. The molecule has 3 atom stereocenters. The summed E-state index contributed by atoms with van der Waals surface area (Å²) in [6.45, 7) is 2.09. The molecule has 0 radical (unpaired) electrons. The molecule has 0 heterocycles. The van der Waals surface area contributed by atoms with E-state index in [4.69, 9.17) is 0 Å². The Labute approximate surface area is 95.0 Å². The molecule has 16 heavy (non-hydrogen) atoms. The van der Waals surface area contributed by atoms with E-state index in [0.29, 0.717) is 12.3 Å². The van der Waals surface area contributed by atoms with E-state index in [1.165, 1.54) is 0 Å². The second-order valence-corrected chi connectivity index (χ2v) is 4.95. The highest BCUT2D eigenvalue weighted by molar-refractivity contribution is 4.80. The Kier molecular flexibility index (Phi) is 5.09. The van der Waals surface area contributed by atoms with Crippen molar-refractivity contribution in [2.45, 2.75) is 64.1 Å². The molecule has 1 rings (SSSR count). The van der Waals surface area contributed by atoms with Gasteiger partial charge in [-0.15, -0.1) is 0 Å². The quantitative estimate of drug-likeness (QED) is 0.787. The van der Waals surface area contributed by atoms with E-state index in [-0.39, 0.29) is 12.3 Å². The zero-order valence-corrected chi connectivity index (χ0v) is 9.76. The van der Waals surface area contributed by atoms with Crippen LogP contribution in [0.4, 0.5) is 13.2 Å². The van der Waals surface area contributed by atoms with E-state index in [1.54, 1.807) is 0 Å². The molecule has 3 unspecified atom stereocenters. The van der Waals surface area contributed by atoms with E-state index >= 15 is 0 Å². The van der Waals surface area contributed by atoms with Crippen LogP contribution in [0.25, 0.3) is 0 Å². The van der Waals surface area contributed by atoms with Crippen LogP contribution in [0.3, 0.4) is 0 Å². The molecule has 1 nitrogen and oxygen atoms in total. The molecule has 1 aliphatic carbocycles. The second kappa shape index (κ2) is 5.89. The molecule has 96 valence electrons. The molecule has 4 heteroatoms. The maximum atomic E-state index is 12.1. The van der Waals surface area contributed by atoms with Gasteiger partial charge in [0.1, 0.15) is 0 Å². The van der Waals surface area contributed by atoms with Crippen LogP contribution in [0.2, 0.25) is 0 Å². The summed E-state index contributed by atoms with van der Waals surface area (Å²) in [5.74, 6) is 0.374. The topological polar surface area (TPSA) is 20.2 Å². The standard InChI is InChI=1S/C12H21F3O/c1-2-3-9-4-5-11(16)10(8-9)6-7-12(13,14)15/h9-11,16H,2-8H2,1H3. The maximum Gasteiger partial charge on any atom is 0.389 e. The zero-order chi connectivity index (χ0) is 12.2. The summed E-state index contributed by atoms with van der Waals surface area (Å²) in [6, 6.07) is 0. The number of aliphatic hydroxyl groups excluding tert-OH is 1. The minimum absolute atomic E-state index is 0.0882. The summed E-state index contributed by atoms with van der Waals surface area (Å²) in [4.78, 5) is 0. The van der Waals surface area contributed by atoms with Gasteiger partial charge in [0.15, 0.2) is 0 Å². The number of aliphatic hydroxyl groups is 1. The van der Waals surface area contributed by atoms with Crippen molar-refractivity contribution in [2.24, 2.45) is 11.8 Å². The highest BCUT2D eigenvalue weighted by Crippen LogP contribution is 2.36. The van der Waals surface area contributed by atoms with Crippen molar-refractivity contribution >= 4 is 0 Å². The van der Waals surface area contributed by atoms with Crippen LogP contribution in [-0.2, 0) is 0 Å². The second-order valence-electron chi connectivity index (χ2n) is 4.95. The lowest BCUT2D eigenvalue weighted by Gasteiger charge is -2.33. The molecule has 1 saturated carbocycles. The lowest BCUT2D eigenvalue weighted by Crippen LogP contribution is -2.30. The molecule has 0 aliphatic heterocycles. The predicted molar refractivity (Wildman–Crippen MR) is 57.0 cm³/mol. The molecule has 0 spiro atoms. The van der Waals surface area contributed by atoms with Crippen LogP contribution in [0, 0.1) is 11.8 Å². The molecular formula is C12H21F3O. The summed E-state index contributed by atoms with van der Waals surface area (Å²) < 4.78 is 36.3. The van der Waals surface area contributed by atoms with Gasteiger partial charge in [-0.05, 0) is 37.5 Å². The van der Waals surface area contributed by atoms with Crippen LogP contribution in [0.5, 0.6) is 0 Å². The first-order chi connectivity index (χ1) is 7.42. The van der Waals surface area contributed by atoms with E-state index < -0.39 is 18.7 Å². The third-order valence-electron chi connectivity index (χ3n) is 3.55. The van der Waals surface area contributed by atoms with Crippen molar-refractivity contribution in [1.82, 2.24) is 0 Å². The molecule has 1 fully saturated rings. The van der Waals surface area contributed by atoms with Gasteiger partial charge in [-0.1, -0.05) is 19.8 Å². The Morgan fingerprint density at radius 2 is 1.88 bits per heavy atom. The maximum absolute atomic E-state index is 12.1. The first kappa shape index (κ1) is 13.8. The van der Waals surface area contributed by atoms with Gasteiger partial charge in [0.2, 0.25) is 0 Å². The molecule has 0 amide bonds. The fourth-order valence-corrected chi connectivity index (χ4v) is 2.67. The SMILES string of the molecule is CCCC1CCC(O)C(CCC(F)(F)F)C1. The van der Waals surface area contributed by atoms with Crippen molar-refractivity contribution < 1.29 is 18.3 Å². The van der Waals surface area contributed by atoms with Gasteiger partial charge < -0.3 is 5.11 Å². The predicted octanol–water partition coefficient (Wildman–Crippen LogP) is 3.91. The number of rotatable bonds is 4. The Morgan fingerprint density at radius 1 is 1.19 bits per heavy atom. The van der Waals surface area contributed by atoms with Gasteiger partial charge in [0.05, 0.1) is 6.10 Å². The molecule has 0 aromatic heterocycles. The molecular weight excluding hydrogens is 217 g/mol. The smallest absolute Gasteiger partial charge is 0.389 e. The van der Waals surface area contributed by atoms with Crippen LogP contribution < -0.4 is 0 Å². The molecule has 0 aromatic carbocycles. The molecule has 1 aliphatic rings. The first-order valence-electron chi connectivity index (χ1n) is 6.17. The molecule has 0 saturated heterocycles. The zero-order valence-electron chi connectivity index (χ0n) is 9.76. The molecule has 1 N–H and O–H groups in total. The van der Waals surface area contributed by atoms with Crippen LogP contribution in [0.15, 0.2) is 0 Å². The summed E-state index contributed by atoms with van der Waals surface area (Å²) in [7, 11) is 0. The monoisotopic (exact) mass is 238 g/mol. The number of halogens is 3. The lowest BCUT2D eigenvalue weighted by atomic mass is 9.76. The van der Waals surface area contributed by atoms with Crippen molar-refractivity contribution in [3.63, 3.8) is 0 Å². The largest absolute Gasteiger partial charge is 0.393 e. The van der Waals surface area contributed by atoms with Crippen molar-refractivity contribution in [3.8, 4) is 0 Å². The van der Waals surface area contributed by atoms with Crippen LogP contribution in [-0.4, -0.2) is 17.4 Å². The van der Waals surface area contributed by atoms with Gasteiger partial charge in [-0.2, -0.15) is 13.2 Å². The summed E-state index contributed by atoms with van der Waals surface area (Å²) in [6.07, 6.45) is -0.705. The van der Waals surface area contributed by atoms with E-state index in [0.717, 1.165) is 25.7 Å². The number of hydrogen-bond acceptors (Lipinski definition) is 1. The highest BCUT2D eigenvalue weighted by atomic mass is 19.4. The van der Waals surface area contributed by atoms with Gasteiger partial charge in [0.25, 0.3) is 0 Å². The van der Waals surface area contributed by atoms with Gasteiger partial charge in [-0.25, -0.2) is 0 Å². The van der Waals surface area contributed by atoms with Gasteiger partial charge in [0, 0.05) is 6.42 Å². The van der Waals surface area contributed by atoms with Crippen molar-refractivity contribution in [1.29, 1.82) is 0 Å². The number of alkyl halides is 3. The van der Waals surface area contributed by atoms with Crippen LogP contribution in [0.1, 0.15) is 51.9 Å². The fraction of sp³-hybridized carbons (Fsp3) is 1.00. The van der Waals surface area contributed by atoms with E-state index in [1.807, 2.05) is 0 Å². The average Bonchev–Trinajstić information content (AvgIpc) is 2.18. The third kappa shape index (κ3) is 4.73. The lowest BCUT2D eigenvalue weighted by molar-refractivity contribution is -0.140. The third-order valence-corrected chi connectivity index (χ3v) is 3.55. The minimum Gasteiger partial charge on any atom is -0.393 e. The van der Waals surface area contributed by atoms with Crippen molar-refractivity contribution in [2.75, 3.05) is 0 Å². The van der Waals surface area contributed by atoms with Gasteiger partial charge >= 0.3 is 6.18 Å². The van der Waals surface area contributed by atoms with Crippen LogP contribution >= 0.6 is 0 Å². The molecule has 0 bridgehead atoms. The fourth-order valence-electron chi connectivity index (χ4n) is 2.67. The van der Waals surface area contributed by atoms with E-state index in [9.17, 15) is 18.3 Å². The number of hydrogen-bond donors (Lipinski definition) is 1. The Bertz CT molecular complexity index is 203. The normalized spacial score (nSPS) is 31.7. The average molecular weight is 238 g/mol. The van der Waals surface area contributed by atoms with Gasteiger partial charge in [-0.3, -0.25) is 0 Å². The van der Waals surface area contributed by atoms with E-state index in [2.05, 4.69) is 6.92 Å². The minimum atomic E-state index is -4.09. The highest BCUT2D eigenvalue weighted by Gasteiger charge is 2.33. The summed E-state index contributed by atoms with van der Waals surface area (Å²) in [5, 5.41) is 9.68. The Balaban J connectivity index is 2.37. The Hall–Kier alpha value is -0.250. The summed E-state index contributed by atoms with van der Waals surface area (Å²) >= 11 is 0.